The van der Waals surface area contributed by atoms with Gasteiger partial charge < -0.3 is 9.64 Å². The quantitative estimate of drug-likeness (QED) is 0.804. The summed E-state index contributed by atoms with van der Waals surface area (Å²) in [6.45, 7) is 5.95. The third-order valence-corrected chi connectivity index (χ3v) is 3.50. The van der Waals surface area contributed by atoms with Crippen molar-refractivity contribution in [2.24, 2.45) is 0 Å². The average Bonchev–Trinajstić information content (AvgIpc) is 2.47. The first-order valence-corrected chi connectivity index (χ1v) is 6.64. The summed E-state index contributed by atoms with van der Waals surface area (Å²) in [6, 6.07) is 5.96. The molecule has 1 unspecified atom stereocenters. The molecule has 0 saturated carbocycles. The Balaban J connectivity index is 1.81. The van der Waals surface area contributed by atoms with Gasteiger partial charge in [-0.25, -0.2) is 0 Å². The third-order valence-electron chi connectivity index (χ3n) is 3.50. The second kappa shape index (κ2) is 6.63. The molecule has 0 bridgehead atoms. The van der Waals surface area contributed by atoms with E-state index >= 15 is 0 Å². The number of amides is 1. The number of piperazine rings is 1. The van der Waals surface area contributed by atoms with E-state index < -0.39 is 0 Å². The Morgan fingerprint density at radius 3 is 2.68 bits per heavy atom. The van der Waals surface area contributed by atoms with Crippen LogP contribution in [0.15, 0.2) is 24.4 Å². The van der Waals surface area contributed by atoms with Crippen LogP contribution in [0.1, 0.15) is 12.6 Å². The maximum Gasteiger partial charge on any atom is 0.251 e. The van der Waals surface area contributed by atoms with Crippen LogP contribution >= 0.6 is 0 Å². The first kappa shape index (κ1) is 14.0. The molecule has 1 aliphatic heterocycles. The summed E-state index contributed by atoms with van der Waals surface area (Å²) in [4.78, 5) is 20.5. The van der Waals surface area contributed by atoms with Gasteiger partial charge in [0.15, 0.2) is 0 Å². The fourth-order valence-electron chi connectivity index (χ4n) is 2.21. The predicted octanol–water partition coefficient (Wildman–Crippen LogP) is 0.761. The topological polar surface area (TPSA) is 45.7 Å². The van der Waals surface area contributed by atoms with E-state index in [1.807, 2.05) is 29.3 Å². The minimum atomic E-state index is -0.345. The van der Waals surface area contributed by atoms with Crippen LogP contribution in [0.2, 0.25) is 0 Å². The van der Waals surface area contributed by atoms with Crippen molar-refractivity contribution >= 4 is 5.91 Å². The molecule has 0 radical (unpaired) electrons. The van der Waals surface area contributed by atoms with Crippen molar-refractivity contribution < 1.29 is 9.53 Å². The molecule has 1 aromatic rings. The average molecular weight is 263 g/mol. The van der Waals surface area contributed by atoms with Gasteiger partial charge >= 0.3 is 0 Å². The number of carbonyl (C=O) groups is 1. The van der Waals surface area contributed by atoms with E-state index in [9.17, 15) is 4.79 Å². The Morgan fingerprint density at radius 2 is 2.11 bits per heavy atom. The molecule has 0 aliphatic carbocycles. The summed E-state index contributed by atoms with van der Waals surface area (Å²) >= 11 is 0. The van der Waals surface area contributed by atoms with Crippen molar-refractivity contribution in [2.75, 3.05) is 33.3 Å². The van der Waals surface area contributed by atoms with Gasteiger partial charge in [-0.1, -0.05) is 6.07 Å². The summed E-state index contributed by atoms with van der Waals surface area (Å²) < 4.78 is 5.07. The fourth-order valence-corrected chi connectivity index (χ4v) is 2.21. The van der Waals surface area contributed by atoms with E-state index in [1.165, 1.54) is 0 Å². The molecule has 1 fully saturated rings. The molecule has 1 aromatic heterocycles. The Hall–Kier alpha value is -1.46. The van der Waals surface area contributed by atoms with Crippen LogP contribution in [0, 0.1) is 0 Å². The van der Waals surface area contributed by atoms with Gasteiger partial charge in [-0.2, -0.15) is 0 Å². The van der Waals surface area contributed by atoms with Gasteiger partial charge in [-0.05, 0) is 19.1 Å². The highest BCUT2D eigenvalue weighted by atomic mass is 16.5. The molecule has 0 N–H and O–H groups in total. The number of ether oxygens (including phenoxy) is 1. The normalized spacial score (nSPS) is 18.3. The van der Waals surface area contributed by atoms with Gasteiger partial charge in [0, 0.05) is 46.0 Å². The highest BCUT2D eigenvalue weighted by Gasteiger charge is 2.24. The molecule has 1 atom stereocenters. The molecule has 2 heterocycles. The van der Waals surface area contributed by atoms with Gasteiger partial charge in [0.2, 0.25) is 0 Å². The molecule has 5 nitrogen and oxygen atoms in total. The van der Waals surface area contributed by atoms with Crippen molar-refractivity contribution in [3.63, 3.8) is 0 Å². The number of methoxy groups -OCH3 is 1. The molecule has 5 heteroatoms. The predicted molar refractivity (Wildman–Crippen MR) is 72.6 cm³/mol. The number of hydrogen-bond donors (Lipinski definition) is 0. The molecule has 104 valence electrons. The maximum absolute atomic E-state index is 12.0. The largest absolute Gasteiger partial charge is 0.372 e. The number of hydrogen-bond acceptors (Lipinski definition) is 4. The van der Waals surface area contributed by atoms with Gasteiger partial charge in [-0.3, -0.25) is 14.7 Å². The molecule has 0 aromatic carbocycles. The van der Waals surface area contributed by atoms with Gasteiger partial charge in [0.05, 0.1) is 5.69 Å². The van der Waals surface area contributed by atoms with Crippen LogP contribution in [0.25, 0.3) is 0 Å². The lowest BCUT2D eigenvalue weighted by molar-refractivity contribution is -0.142. The SMILES string of the molecule is COC(C)C(=O)N1CCN(Cc2ccccn2)CC1. The van der Waals surface area contributed by atoms with Crippen LogP contribution in [-0.2, 0) is 16.1 Å². The lowest BCUT2D eigenvalue weighted by atomic mass is 10.2. The summed E-state index contributed by atoms with van der Waals surface area (Å²) in [5.41, 5.74) is 1.08. The Morgan fingerprint density at radius 1 is 1.37 bits per heavy atom. The number of nitrogens with zero attached hydrogens (tertiary/aromatic N) is 3. The molecule has 2 rings (SSSR count). The van der Waals surface area contributed by atoms with Crippen molar-refractivity contribution in [1.82, 2.24) is 14.8 Å². The summed E-state index contributed by atoms with van der Waals surface area (Å²) in [7, 11) is 1.57. The number of rotatable bonds is 4. The van der Waals surface area contributed by atoms with Crippen molar-refractivity contribution in [3.8, 4) is 0 Å². The third kappa shape index (κ3) is 3.75. The molecule has 0 spiro atoms. The van der Waals surface area contributed by atoms with Crippen LogP contribution in [0.4, 0.5) is 0 Å². The monoisotopic (exact) mass is 263 g/mol. The lowest BCUT2D eigenvalue weighted by Crippen LogP contribution is -2.51. The summed E-state index contributed by atoms with van der Waals surface area (Å²) in [5.74, 6) is 0.0833. The van der Waals surface area contributed by atoms with Crippen LogP contribution in [-0.4, -0.2) is 60.1 Å². The van der Waals surface area contributed by atoms with Crippen LogP contribution in [0.3, 0.4) is 0 Å². The smallest absolute Gasteiger partial charge is 0.251 e. The first-order valence-electron chi connectivity index (χ1n) is 6.64. The van der Waals surface area contributed by atoms with Crippen molar-refractivity contribution in [2.45, 2.75) is 19.6 Å². The standard InChI is InChI=1S/C14H21N3O2/c1-12(19-2)14(18)17-9-7-16(8-10-17)11-13-5-3-4-6-15-13/h3-6,12H,7-11H2,1-2H3. The number of carbonyl (C=O) groups excluding carboxylic acids is 1. The first-order chi connectivity index (χ1) is 9.20. The van der Waals surface area contributed by atoms with Gasteiger partial charge in [0.1, 0.15) is 6.10 Å². The minimum Gasteiger partial charge on any atom is -0.372 e. The Labute approximate surface area is 114 Å². The summed E-state index contributed by atoms with van der Waals surface area (Å²) in [6.07, 6.45) is 1.47. The number of pyridine rings is 1. The molecule has 19 heavy (non-hydrogen) atoms. The van der Waals surface area contributed by atoms with Crippen molar-refractivity contribution in [1.29, 1.82) is 0 Å². The molecular weight excluding hydrogens is 242 g/mol. The summed E-state index contributed by atoms with van der Waals surface area (Å²) in [5, 5.41) is 0. The second-order valence-electron chi connectivity index (χ2n) is 4.80. The zero-order valence-corrected chi connectivity index (χ0v) is 11.6. The van der Waals surface area contributed by atoms with Crippen LogP contribution < -0.4 is 0 Å². The molecular formula is C14H21N3O2. The molecule has 1 amide bonds. The zero-order chi connectivity index (χ0) is 13.7. The van der Waals surface area contributed by atoms with E-state index in [4.69, 9.17) is 4.74 Å². The van der Waals surface area contributed by atoms with Gasteiger partial charge in [0.25, 0.3) is 5.91 Å². The highest BCUT2D eigenvalue weighted by Crippen LogP contribution is 2.08. The van der Waals surface area contributed by atoms with E-state index in [-0.39, 0.29) is 12.0 Å². The highest BCUT2D eigenvalue weighted by molar-refractivity contribution is 5.80. The second-order valence-corrected chi connectivity index (χ2v) is 4.80. The zero-order valence-electron chi connectivity index (χ0n) is 11.6. The lowest BCUT2D eigenvalue weighted by Gasteiger charge is -2.35. The van der Waals surface area contributed by atoms with E-state index in [0.29, 0.717) is 0 Å². The molecule has 1 aliphatic rings. The minimum absolute atomic E-state index is 0.0833. The molecule has 1 saturated heterocycles. The van der Waals surface area contributed by atoms with Crippen molar-refractivity contribution in [3.05, 3.63) is 30.1 Å². The van der Waals surface area contributed by atoms with E-state index in [1.54, 1.807) is 14.0 Å². The van der Waals surface area contributed by atoms with E-state index in [0.717, 1.165) is 38.4 Å². The van der Waals surface area contributed by atoms with Gasteiger partial charge in [-0.15, -0.1) is 0 Å². The van der Waals surface area contributed by atoms with Crippen LogP contribution in [0.5, 0.6) is 0 Å². The van der Waals surface area contributed by atoms with E-state index in [2.05, 4.69) is 9.88 Å². The number of aromatic nitrogens is 1. The Kier molecular flexibility index (Phi) is 4.87. The maximum atomic E-state index is 12.0. The fraction of sp³-hybridized carbons (Fsp3) is 0.571. The Bertz CT molecular complexity index is 402.